The number of benzene rings is 2. The predicted molar refractivity (Wildman–Crippen MR) is 209 cm³/mol. The van der Waals surface area contributed by atoms with E-state index < -0.39 is 29.3 Å². The summed E-state index contributed by atoms with van der Waals surface area (Å²) < 4.78 is 15.2. The van der Waals surface area contributed by atoms with Crippen molar-refractivity contribution in [3.63, 3.8) is 0 Å². The van der Waals surface area contributed by atoms with Crippen LogP contribution in [0.15, 0.2) is 60.7 Å². The molecule has 2 aromatic carbocycles. The Morgan fingerprint density at radius 3 is 2.39 bits per heavy atom. The second-order valence-corrected chi connectivity index (χ2v) is 15.7. The third-order valence-electron chi connectivity index (χ3n) is 11.7. The second kappa shape index (κ2) is 18.0. The summed E-state index contributed by atoms with van der Waals surface area (Å²) in [5.41, 5.74) is 1.96. The molecule has 6 rings (SSSR count). The number of carboxylic acid groups (broad SMARTS) is 1. The van der Waals surface area contributed by atoms with Crippen molar-refractivity contribution < 1.29 is 28.7 Å². The SMILES string of the molecule is Cc1cc(C(=O)NC2CCC(N(C)C)CC2)ccc1C1(C[C@H](NC(=O)C2CCC(CNC(=O)O)CC2)C(=O)Nc2ccc(-c3nn[nH]n3)c(F)c2)C=CC=CC1. The first-order valence-corrected chi connectivity index (χ1v) is 19.4. The molecule has 0 aliphatic heterocycles. The van der Waals surface area contributed by atoms with E-state index in [0.29, 0.717) is 50.3 Å². The van der Waals surface area contributed by atoms with Gasteiger partial charge < -0.3 is 31.3 Å². The quantitative estimate of drug-likeness (QED) is 0.135. The van der Waals surface area contributed by atoms with Crippen LogP contribution in [0.3, 0.4) is 0 Å². The molecule has 1 aromatic heterocycles. The number of aromatic nitrogens is 4. The summed E-state index contributed by atoms with van der Waals surface area (Å²) in [7, 11) is 4.19. The van der Waals surface area contributed by atoms with Gasteiger partial charge in [-0.25, -0.2) is 9.18 Å². The zero-order chi connectivity index (χ0) is 39.8. The highest BCUT2D eigenvalue weighted by atomic mass is 19.1. The number of rotatable bonds is 13. The summed E-state index contributed by atoms with van der Waals surface area (Å²) in [6.45, 7) is 2.29. The van der Waals surface area contributed by atoms with Crippen LogP contribution in [0.25, 0.3) is 11.4 Å². The van der Waals surface area contributed by atoms with Crippen LogP contribution in [0, 0.1) is 24.6 Å². The lowest BCUT2D eigenvalue weighted by Crippen LogP contribution is -2.50. The highest BCUT2D eigenvalue weighted by Crippen LogP contribution is 2.40. The molecule has 56 heavy (non-hydrogen) atoms. The van der Waals surface area contributed by atoms with Gasteiger partial charge in [0, 0.05) is 41.2 Å². The summed E-state index contributed by atoms with van der Waals surface area (Å²) in [5, 5.41) is 34.0. The predicted octanol–water partition coefficient (Wildman–Crippen LogP) is 5.26. The Balaban J connectivity index is 1.22. The van der Waals surface area contributed by atoms with Crippen LogP contribution in [0.2, 0.25) is 0 Å². The molecule has 3 aliphatic rings. The molecule has 0 spiro atoms. The largest absolute Gasteiger partial charge is 0.465 e. The van der Waals surface area contributed by atoms with Gasteiger partial charge in [0.25, 0.3) is 5.91 Å². The van der Waals surface area contributed by atoms with Gasteiger partial charge in [-0.2, -0.15) is 5.21 Å². The maximum atomic E-state index is 15.2. The number of nitrogens with zero attached hydrogens (tertiary/aromatic N) is 4. The number of aromatic amines is 1. The molecule has 0 bridgehead atoms. The number of hydrogen-bond acceptors (Lipinski definition) is 8. The molecule has 1 heterocycles. The normalized spacial score (nSPS) is 23.9. The van der Waals surface area contributed by atoms with Crippen molar-refractivity contribution in [3.8, 4) is 11.4 Å². The number of carbonyl (C=O) groups excluding carboxylic acids is 3. The molecule has 3 aromatic rings. The molecule has 2 atom stereocenters. The van der Waals surface area contributed by atoms with Gasteiger partial charge in [0.2, 0.25) is 17.6 Å². The summed E-state index contributed by atoms with van der Waals surface area (Å²) in [4.78, 5) is 54.8. The number of anilines is 1. The molecular formula is C41H52FN9O5. The third-order valence-corrected chi connectivity index (χ3v) is 11.7. The van der Waals surface area contributed by atoms with E-state index in [2.05, 4.69) is 60.9 Å². The fourth-order valence-corrected chi connectivity index (χ4v) is 8.50. The number of hydrogen-bond donors (Lipinski definition) is 6. The average molecular weight is 770 g/mol. The lowest BCUT2D eigenvalue weighted by atomic mass is 9.69. The molecule has 1 unspecified atom stereocenters. The maximum Gasteiger partial charge on any atom is 0.404 e. The minimum absolute atomic E-state index is 0.0732. The molecule has 0 radical (unpaired) electrons. The number of nitrogens with one attached hydrogen (secondary N) is 5. The third kappa shape index (κ3) is 9.86. The van der Waals surface area contributed by atoms with Crippen LogP contribution in [-0.2, 0) is 15.0 Å². The molecule has 14 nitrogen and oxygen atoms in total. The lowest BCUT2D eigenvalue weighted by molar-refractivity contribution is -0.130. The van der Waals surface area contributed by atoms with Crippen molar-refractivity contribution in [3.05, 3.63) is 83.2 Å². The summed E-state index contributed by atoms with van der Waals surface area (Å²) in [6, 6.07) is 9.47. The van der Waals surface area contributed by atoms with Crippen molar-refractivity contribution in [2.45, 2.75) is 94.7 Å². The van der Waals surface area contributed by atoms with Crippen molar-refractivity contribution in [2.75, 3.05) is 26.0 Å². The van der Waals surface area contributed by atoms with Gasteiger partial charge in [-0.15, -0.1) is 10.2 Å². The van der Waals surface area contributed by atoms with E-state index in [0.717, 1.165) is 36.8 Å². The zero-order valence-electron chi connectivity index (χ0n) is 32.2. The minimum atomic E-state index is -1.07. The minimum Gasteiger partial charge on any atom is -0.465 e. The van der Waals surface area contributed by atoms with E-state index >= 15 is 4.39 Å². The first-order chi connectivity index (χ1) is 26.9. The molecule has 6 N–H and O–H groups in total. The molecule has 2 fully saturated rings. The van der Waals surface area contributed by atoms with Gasteiger partial charge in [0.05, 0.1) is 5.56 Å². The highest BCUT2D eigenvalue weighted by Gasteiger charge is 2.39. The Morgan fingerprint density at radius 2 is 1.77 bits per heavy atom. The fourth-order valence-electron chi connectivity index (χ4n) is 8.50. The van der Waals surface area contributed by atoms with Crippen molar-refractivity contribution >= 4 is 29.5 Å². The zero-order valence-corrected chi connectivity index (χ0v) is 32.2. The maximum absolute atomic E-state index is 15.2. The Hall–Kier alpha value is -5.44. The van der Waals surface area contributed by atoms with E-state index in [1.165, 1.54) is 12.1 Å². The van der Waals surface area contributed by atoms with E-state index in [1.54, 1.807) is 6.07 Å². The monoisotopic (exact) mass is 769 g/mol. The van der Waals surface area contributed by atoms with Gasteiger partial charge >= 0.3 is 6.09 Å². The number of amides is 4. The fraction of sp³-hybridized carbons (Fsp3) is 0.488. The van der Waals surface area contributed by atoms with Gasteiger partial charge in [-0.05, 0) is 138 Å². The smallest absolute Gasteiger partial charge is 0.404 e. The molecule has 2 saturated carbocycles. The van der Waals surface area contributed by atoms with Crippen LogP contribution >= 0.6 is 0 Å². The standard InChI is InChI=1S/C41H52FN9O5/c1-25-21-28(38(53)44-29-12-15-31(16-13-29)51(2)3)11-18-33(25)41(19-5-4-6-20-41)23-35(46-37(52)27-9-7-26(8-10-27)24-43-40(55)56)39(54)45-30-14-17-32(34(42)22-30)36-47-49-50-48-36/h4-6,11,14,17-19,21-22,26-27,29,31,35,43H,7-10,12-13,15-16,20,23-24H2,1-3H3,(H,44,53)(H,45,54)(H,46,52)(H,55,56)(H,47,48,49,50)/t26?,27?,29?,31?,35-,41?/m0/s1. The first kappa shape index (κ1) is 40.2. The van der Waals surface area contributed by atoms with Crippen LogP contribution in [0.4, 0.5) is 14.9 Å². The van der Waals surface area contributed by atoms with Crippen molar-refractivity contribution in [1.82, 2.24) is 41.5 Å². The van der Waals surface area contributed by atoms with Gasteiger partial charge in [-0.3, -0.25) is 14.4 Å². The van der Waals surface area contributed by atoms with E-state index in [-0.39, 0.29) is 53.2 Å². The van der Waals surface area contributed by atoms with Crippen LogP contribution in [-0.4, -0.2) is 93.2 Å². The van der Waals surface area contributed by atoms with Gasteiger partial charge in [0.1, 0.15) is 11.9 Å². The van der Waals surface area contributed by atoms with Crippen molar-refractivity contribution in [1.29, 1.82) is 0 Å². The molecule has 0 saturated heterocycles. The van der Waals surface area contributed by atoms with E-state index in [9.17, 15) is 19.2 Å². The van der Waals surface area contributed by atoms with E-state index in [1.807, 2.05) is 49.4 Å². The van der Waals surface area contributed by atoms with Crippen molar-refractivity contribution in [2.24, 2.45) is 11.8 Å². The summed E-state index contributed by atoms with van der Waals surface area (Å²) in [5.74, 6) is -1.69. The Kier molecular flexibility index (Phi) is 12.9. The van der Waals surface area contributed by atoms with Gasteiger partial charge in [0.15, 0.2) is 0 Å². The number of carbonyl (C=O) groups is 4. The number of allylic oxidation sites excluding steroid dienone is 4. The number of halogens is 1. The summed E-state index contributed by atoms with van der Waals surface area (Å²) >= 11 is 0. The van der Waals surface area contributed by atoms with Crippen LogP contribution in [0.1, 0.15) is 85.7 Å². The lowest BCUT2D eigenvalue weighted by Gasteiger charge is -2.37. The molecular weight excluding hydrogens is 718 g/mol. The number of H-pyrrole nitrogens is 1. The molecule has 15 heteroatoms. The highest BCUT2D eigenvalue weighted by molar-refractivity contribution is 5.98. The first-order valence-electron chi connectivity index (χ1n) is 19.4. The average Bonchev–Trinajstić information content (AvgIpc) is 3.72. The Labute approximate surface area is 326 Å². The molecule has 298 valence electrons. The van der Waals surface area contributed by atoms with Crippen LogP contribution < -0.4 is 21.3 Å². The van der Waals surface area contributed by atoms with E-state index in [4.69, 9.17) is 5.11 Å². The Morgan fingerprint density at radius 1 is 1.00 bits per heavy atom. The molecule has 3 aliphatic carbocycles. The summed E-state index contributed by atoms with van der Waals surface area (Å²) in [6.07, 6.45) is 14.0. The Bertz CT molecular complexity index is 1930. The number of aryl methyl sites for hydroxylation is 1. The number of tetrazole rings is 1. The second-order valence-electron chi connectivity index (χ2n) is 15.7. The van der Waals surface area contributed by atoms with Gasteiger partial charge in [-0.1, -0.05) is 30.4 Å². The van der Waals surface area contributed by atoms with Crippen LogP contribution in [0.5, 0.6) is 0 Å². The topological polar surface area (TPSA) is 194 Å². The molecule has 4 amide bonds.